The van der Waals surface area contributed by atoms with Gasteiger partial charge in [0.1, 0.15) is 5.75 Å². The molecule has 0 radical (unpaired) electrons. The predicted molar refractivity (Wildman–Crippen MR) is 112 cm³/mol. The summed E-state index contributed by atoms with van der Waals surface area (Å²) in [6.45, 7) is 6.12. The average molecular weight is 468 g/mol. The minimum Gasteiger partial charge on any atom is -0.495 e. The van der Waals surface area contributed by atoms with Crippen LogP contribution >= 0.6 is 35.6 Å². The summed E-state index contributed by atoms with van der Waals surface area (Å²) in [7, 11) is 3.76. The third-order valence-electron chi connectivity index (χ3n) is 3.93. The Labute approximate surface area is 166 Å². The molecule has 0 bridgehead atoms. The Hall–Kier alpha value is -0.770. The number of anilines is 1. The van der Waals surface area contributed by atoms with Crippen molar-refractivity contribution in [1.82, 2.24) is 9.80 Å². The first-order valence-corrected chi connectivity index (χ1v) is 8.27. The lowest BCUT2D eigenvalue weighted by atomic mass is 10.3. The maximum absolute atomic E-state index is 6.09. The van der Waals surface area contributed by atoms with Crippen molar-refractivity contribution in [2.24, 2.45) is 10.7 Å². The van der Waals surface area contributed by atoms with E-state index in [0.717, 1.165) is 31.9 Å². The Morgan fingerprint density at radius 1 is 1.33 bits per heavy atom. The molecule has 1 heterocycles. The van der Waals surface area contributed by atoms with Crippen molar-refractivity contribution < 1.29 is 4.74 Å². The van der Waals surface area contributed by atoms with E-state index in [1.54, 1.807) is 19.2 Å². The van der Waals surface area contributed by atoms with Gasteiger partial charge < -0.3 is 25.6 Å². The van der Waals surface area contributed by atoms with Crippen molar-refractivity contribution in [3.05, 3.63) is 23.2 Å². The number of hydrogen-bond donors (Lipinski definition) is 2. The summed E-state index contributed by atoms with van der Waals surface area (Å²) in [4.78, 5) is 9.19. The van der Waals surface area contributed by atoms with E-state index in [1.165, 1.54) is 13.0 Å². The Kier molecular flexibility index (Phi) is 9.72. The molecule has 8 heteroatoms. The predicted octanol–water partition coefficient (Wildman–Crippen LogP) is 2.33. The summed E-state index contributed by atoms with van der Waals surface area (Å²) in [5.41, 5.74) is 6.73. The fraction of sp³-hybridized carbons (Fsp3) is 0.562. The number of ether oxygens (including phenoxy) is 1. The molecule has 0 amide bonds. The van der Waals surface area contributed by atoms with Gasteiger partial charge >= 0.3 is 0 Å². The van der Waals surface area contributed by atoms with Crippen LogP contribution in [-0.2, 0) is 0 Å². The number of methoxy groups -OCH3 is 1. The Bertz CT molecular complexity index is 543. The number of hydrogen-bond acceptors (Lipinski definition) is 4. The second kappa shape index (κ2) is 11.0. The minimum absolute atomic E-state index is 0. The topological polar surface area (TPSA) is 66.1 Å². The summed E-state index contributed by atoms with van der Waals surface area (Å²) in [6, 6.07) is 5.43. The first-order chi connectivity index (χ1) is 11.1. The van der Waals surface area contributed by atoms with Gasteiger partial charge in [0.25, 0.3) is 0 Å². The van der Waals surface area contributed by atoms with Crippen molar-refractivity contribution in [3.63, 3.8) is 0 Å². The summed E-state index contributed by atoms with van der Waals surface area (Å²) in [5, 5.41) is 3.59. The normalized spacial score (nSPS) is 17.0. The Morgan fingerprint density at radius 2 is 2.12 bits per heavy atom. The molecule has 24 heavy (non-hydrogen) atoms. The Balaban J connectivity index is 0.00000288. The standard InChI is InChI=1S/C16H26ClN5O.HI/c1-21-7-3-8-22(11-10-21)9-6-19-16(18)20-13-4-5-15(23-2)14(17)12-13;/h4-5,12H,3,6-11H2,1-2H3,(H3,18,19,20);1H. The van der Waals surface area contributed by atoms with Crippen LogP contribution in [0.15, 0.2) is 23.2 Å². The van der Waals surface area contributed by atoms with E-state index in [2.05, 4.69) is 27.2 Å². The quantitative estimate of drug-likeness (QED) is 0.395. The molecular formula is C16H27ClIN5O. The summed E-state index contributed by atoms with van der Waals surface area (Å²) < 4.78 is 5.12. The first kappa shape index (κ1) is 21.3. The number of nitrogens with two attached hydrogens (primary N) is 1. The fourth-order valence-electron chi connectivity index (χ4n) is 2.57. The third-order valence-corrected chi connectivity index (χ3v) is 4.23. The number of guanidine groups is 1. The van der Waals surface area contributed by atoms with Crippen LogP contribution in [-0.4, -0.2) is 69.2 Å². The lowest BCUT2D eigenvalue weighted by molar-refractivity contribution is 0.283. The van der Waals surface area contributed by atoms with Crippen LogP contribution < -0.4 is 15.8 Å². The maximum atomic E-state index is 6.09. The zero-order valence-electron chi connectivity index (χ0n) is 14.3. The van der Waals surface area contributed by atoms with Crippen molar-refractivity contribution in [2.45, 2.75) is 6.42 Å². The monoisotopic (exact) mass is 467 g/mol. The van der Waals surface area contributed by atoms with Crippen LogP contribution in [0, 0.1) is 0 Å². The van der Waals surface area contributed by atoms with Crippen molar-refractivity contribution >= 4 is 47.2 Å². The van der Waals surface area contributed by atoms with E-state index in [0.29, 0.717) is 23.3 Å². The maximum Gasteiger partial charge on any atom is 0.193 e. The van der Waals surface area contributed by atoms with Gasteiger partial charge in [-0.25, -0.2) is 0 Å². The van der Waals surface area contributed by atoms with Crippen molar-refractivity contribution in [1.29, 1.82) is 0 Å². The Morgan fingerprint density at radius 3 is 2.83 bits per heavy atom. The zero-order chi connectivity index (χ0) is 16.7. The van der Waals surface area contributed by atoms with Gasteiger partial charge in [-0.1, -0.05) is 11.6 Å². The molecule has 0 spiro atoms. The van der Waals surface area contributed by atoms with Gasteiger partial charge in [-0.3, -0.25) is 4.99 Å². The molecule has 136 valence electrons. The van der Waals surface area contributed by atoms with Crippen LogP contribution in [0.1, 0.15) is 6.42 Å². The van der Waals surface area contributed by atoms with E-state index < -0.39 is 0 Å². The van der Waals surface area contributed by atoms with Gasteiger partial charge in [0, 0.05) is 25.3 Å². The lowest BCUT2D eigenvalue weighted by Gasteiger charge is -2.18. The third kappa shape index (κ3) is 7.00. The molecule has 0 atom stereocenters. The van der Waals surface area contributed by atoms with E-state index in [9.17, 15) is 0 Å². The second-order valence-corrected chi connectivity index (χ2v) is 6.15. The van der Waals surface area contributed by atoms with Gasteiger partial charge in [-0.2, -0.15) is 0 Å². The van der Waals surface area contributed by atoms with Crippen molar-refractivity contribution in [2.75, 3.05) is 58.7 Å². The molecule has 1 aromatic rings. The van der Waals surface area contributed by atoms with Crippen LogP contribution in [0.2, 0.25) is 5.02 Å². The summed E-state index contributed by atoms with van der Waals surface area (Å²) in [5.74, 6) is 1.04. The number of nitrogens with one attached hydrogen (secondary N) is 1. The number of benzene rings is 1. The molecule has 1 saturated heterocycles. The molecule has 0 aliphatic carbocycles. The molecule has 1 aliphatic heterocycles. The fourth-order valence-corrected chi connectivity index (χ4v) is 2.82. The van der Waals surface area contributed by atoms with Crippen molar-refractivity contribution in [3.8, 4) is 5.75 Å². The molecule has 1 aliphatic rings. The van der Waals surface area contributed by atoms with E-state index >= 15 is 0 Å². The highest BCUT2D eigenvalue weighted by Crippen LogP contribution is 2.26. The molecule has 1 aromatic carbocycles. The van der Waals surface area contributed by atoms with Gasteiger partial charge in [0.2, 0.25) is 0 Å². The number of likely N-dealkylation sites (N-methyl/N-ethyl adjacent to an activating group) is 1. The SMILES string of the molecule is COc1ccc(NC(N)=NCCN2CCCN(C)CC2)cc1Cl.I. The number of halogens is 2. The van der Waals surface area contributed by atoms with E-state index in [4.69, 9.17) is 22.1 Å². The van der Waals surface area contributed by atoms with Crippen LogP contribution in [0.25, 0.3) is 0 Å². The van der Waals surface area contributed by atoms with Crippen LogP contribution in [0.3, 0.4) is 0 Å². The molecule has 2 rings (SSSR count). The molecule has 0 unspecified atom stereocenters. The van der Waals surface area contributed by atoms with E-state index in [1.807, 2.05) is 6.07 Å². The molecular weight excluding hydrogens is 441 g/mol. The highest BCUT2D eigenvalue weighted by molar-refractivity contribution is 14.0. The van der Waals surface area contributed by atoms with Gasteiger partial charge in [0.05, 0.1) is 18.7 Å². The number of aliphatic imine (C=N–C) groups is 1. The molecule has 0 aromatic heterocycles. The number of nitrogens with zero attached hydrogens (tertiary/aromatic N) is 3. The minimum atomic E-state index is 0. The van der Waals surface area contributed by atoms with Gasteiger partial charge in [-0.05, 0) is 44.8 Å². The zero-order valence-corrected chi connectivity index (χ0v) is 17.4. The molecule has 6 nitrogen and oxygen atoms in total. The van der Waals surface area contributed by atoms with E-state index in [-0.39, 0.29) is 24.0 Å². The lowest BCUT2D eigenvalue weighted by Crippen LogP contribution is -2.32. The van der Waals surface area contributed by atoms with Gasteiger partial charge in [0.15, 0.2) is 5.96 Å². The first-order valence-electron chi connectivity index (χ1n) is 7.90. The smallest absolute Gasteiger partial charge is 0.193 e. The summed E-state index contributed by atoms with van der Waals surface area (Å²) in [6.07, 6.45) is 1.21. The molecule has 3 N–H and O–H groups in total. The average Bonchev–Trinajstić information content (AvgIpc) is 2.72. The highest BCUT2D eigenvalue weighted by Gasteiger charge is 2.11. The largest absolute Gasteiger partial charge is 0.495 e. The number of rotatable bonds is 5. The second-order valence-electron chi connectivity index (χ2n) is 5.74. The van der Waals surface area contributed by atoms with Crippen LogP contribution in [0.5, 0.6) is 5.75 Å². The van der Waals surface area contributed by atoms with Gasteiger partial charge in [-0.15, -0.1) is 24.0 Å². The molecule has 1 fully saturated rings. The highest BCUT2D eigenvalue weighted by atomic mass is 127. The molecule has 0 saturated carbocycles. The van der Waals surface area contributed by atoms with Crippen LogP contribution in [0.4, 0.5) is 5.69 Å². The summed E-state index contributed by atoms with van der Waals surface area (Å²) >= 11 is 6.09.